The van der Waals surface area contributed by atoms with Gasteiger partial charge in [-0.05, 0) is 29.8 Å². The highest BCUT2D eigenvalue weighted by atomic mass is 32.2. The zero-order valence-electron chi connectivity index (χ0n) is 14.7. The Morgan fingerprint density at radius 2 is 2.07 bits per heavy atom. The fraction of sp³-hybridized carbons (Fsp3) is 0.300. The summed E-state index contributed by atoms with van der Waals surface area (Å²) in [6.45, 7) is 1.79. The summed E-state index contributed by atoms with van der Waals surface area (Å²) in [5.74, 6) is -0.549. The van der Waals surface area contributed by atoms with Gasteiger partial charge in [-0.1, -0.05) is 24.3 Å². The summed E-state index contributed by atoms with van der Waals surface area (Å²) < 4.78 is 13.6. The molecular formula is C20H20FN3O2S. The second-order valence-corrected chi connectivity index (χ2v) is 7.90. The quantitative estimate of drug-likeness (QED) is 0.853. The minimum Gasteiger partial charge on any atom is -0.333 e. The van der Waals surface area contributed by atoms with E-state index in [2.05, 4.69) is 10.6 Å². The standard InChI is InChI=1S/C20H20FN3O2S/c21-14-5-3-4-13(10-14)16-12-22-8-9-24(16)19(25)11-18-20(26)23-15-6-1-2-7-17(15)27-18/h1-7,10,16,18,22H,8-9,11-12H2,(H,23,26). The Morgan fingerprint density at radius 1 is 1.22 bits per heavy atom. The summed E-state index contributed by atoms with van der Waals surface area (Å²) in [5.41, 5.74) is 1.55. The van der Waals surface area contributed by atoms with Crippen molar-refractivity contribution >= 4 is 29.3 Å². The zero-order chi connectivity index (χ0) is 18.8. The maximum Gasteiger partial charge on any atom is 0.238 e. The van der Waals surface area contributed by atoms with E-state index in [1.807, 2.05) is 30.3 Å². The van der Waals surface area contributed by atoms with Crippen molar-refractivity contribution < 1.29 is 14.0 Å². The Kier molecular flexibility index (Phi) is 5.13. The molecule has 27 heavy (non-hydrogen) atoms. The van der Waals surface area contributed by atoms with Crippen molar-refractivity contribution in [2.24, 2.45) is 0 Å². The highest BCUT2D eigenvalue weighted by molar-refractivity contribution is 8.01. The SMILES string of the molecule is O=C1Nc2ccccc2SC1CC(=O)N1CCNCC1c1cccc(F)c1. The summed E-state index contributed by atoms with van der Waals surface area (Å²) in [5, 5.41) is 5.68. The lowest BCUT2D eigenvalue weighted by molar-refractivity contribution is -0.135. The Balaban J connectivity index is 1.50. The summed E-state index contributed by atoms with van der Waals surface area (Å²) in [6, 6.07) is 13.7. The van der Waals surface area contributed by atoms with E-state index >= 15 is 0 Å². The highest BCUT2D eigenvalue weighted by Crippen LogP contribution is 2.37. The highest BCUT2D eigenvalue weighted by Gasteiger charge is 2.34. The first-order valence-electron chi connectivity index (χ1n) is 8.94. The lowest BCUT2D eigenvalue weighted by Crippen LogP contribution is -2.49. The van der Waals surface area contributed by atoms with Gasteiger partial charge in [0.1, 0.15) is 5.82 Å². The van der Waals surface area contributed by atoms with E-state index in [9.17, 15) is 14.0 Å². The lowest BCUT2D eigenvalue weighted by Gasteiger charge is -2.37. The molecule has 0 spiro atoms. The molecule has 2 heterocycles. The molecule has 1 fully saturated rings. The first kappa shape index (κ1) is 18.0. The number of halogens is 1. The van der Waals surface area contributed by atoms with Gasteiger partial charge in [0.15, 0.2) is 0 Å². The molecule has 1 saturated heterocycles. The van der Waals surface area contributed by atoms with Gasteiger partial charge in [0.05, 0.1) is 17.0 Å². The predicted molar refractivity (Wildman–Crippen MR) is 103 cm³/mol. The number of benzene rings is 2. The third kappa shape index (κ3) is 3.84. The number of amides is 2. The molecule has 0 saturated carbocycles. The predicted octanol–water partition coefficient (Wildman–Crippen LogP) is 2.80. The normalized spacial score (nSPS) is 22.1. The van der Waals surface area contributed by atoms with E-state index in [0.29, 0.717) is 19.6 Å². The van der Waals surface area contributed by atoms with Crippen LogP contribution in [0, 0.1) is 5.82 Å². The van der Waals surface area contributed by atoms with Crippen molar-refractivity contribution in [3.8, 4) is 0 Å². The third-order valence-electron chi connectivity index (χ3n) is 4.86. The van der Waals surface area contributed by atoms with Crippen molar-refractivity contribution in [1.29, 1.82) is 0 Å². The molecule has 0 radical (unpaired) electrons. The molecule has 2 aromatic carbocycles. The molecule has 0 aliphatic carbocycles. The van der Waals surface area contributed by atoms with Gasteiger partial charge in [0.2, 0.25) is 11.8 Å². The Hall–Kier alpha value is -2.38. The molecule has 4 rings (SSSR count). The number of piperazine rings is 1. The van der Waals surface area contributed by atoms with Crippen molar-refractivity contribution in [2.75, 3.05) is 25.0 Å². The molecule has 2 aromatic rings. The molecule has 2 aliphatic heterocycles. The Bertz CT molecular complexity index is 876. The number of carbonyl (C=O) groups is 2. The number of thioether (sulfide) groups is 1. The van der Waals surface area contributed by atoms with Gasteiger partial charge in [-0.25, -0.2) is 4.39 Å². The summed E-state index contributed by atoms with van der Waals surface area (Å²) in [4.78, 5) is 28.1. The first-order chi connectivity index (χ1) is 13.1. The first-order valence-corrected chi connectivity index (χ1v) is 9.82. The number of anilines is 1. The molecule has 7 heteroatoms. The Morgan fingerprint density at radius 3 is 2.93 bits per heavy atom. The number of para-hydroxylation sites is 1. The van der Waals surface area contributed by atoms with E-state index in [4.69, 9.17) is 0 Å². The number of nitrogens with one attached hydrogen (secondary N) is 2. The molecule has 2 N–H and O–H groups in total. The van der Waals surface area contributed by atoms with Crippen LogP contribution in [-0.4, -0.2) is 41.6 Å². The maximum atomic E-state index is 13.6. The van der Waals surface area contributed by atoms with Gasteiger partial charge in [0, 0.05) is 31.0 Å². The van der Waals surface area contributed by atoms with E-state index in [-0.39, 0.29) is 30.1 Å². The minimum atomic E-state index is -0.463. The van der Waals surface area contributed by atoms with Crippen molar-refractivity contribution in [3.05, 3.63) is 59.9 Å². The molecule has 2 atom stereocenters. The average molecular weight is 385 g/mol. The summed E-state index contributed by atoms with van der Waals surface area (Å²) >= 11 is 1.42. The van der Waals surface area contributed by atoms with Crippen molar-refractivity contribution in [3.63, 3.8) is 0 Å². The molecule has 140 valence electrons. The van der Waals surface area contributed by atoms with Gasteiger partial charge in [-0.3, -0.25) is 9.59 Å². The number of carbonyl (C=O) groups excluding carboxylic acids is 2. The minimum absolute atomic E-state index is 0.0854. The van der Waals surface area contributed by atoms with Crippen LogP contribution in [0.1, 0.15) is 18.0 Å². The number of hydrogen-bond donors (Lipinski definition) is 2. The van der Waals surface area contributed by atoms with Crippen molar-refractivity contribution in [2.45, 2.75) is 22.6 Å². The van der Waals surface area contributed by atoms with Gasteiger partial charge in [-0.2, -0.15) is 0 Å². The summed E-state index contributed by atoms with van der Waals surface area (Å²) in [6.07, 6.45) is 0.122. The van der Waals surface area contributed by atoms with Gasteiger partial charge in [0.25, 0.3) is 0 Å². The zero-order valence-corrected chi connectivity index (χ0v) is 15.5. The summed E-state index contributed by atoms with van der Waals surface area (Å²) in [7, 11) is 0. The number of fused-ring (bicyclic) bond motifs is 1. The number of rotatable bonds is 3. The van der Waals surface area contributed by atoms with E-state index in [0.717, 1.165) is 16.1 Å². The maximum absolute atomic E-state index is 13.6. The molecule has 0 aromatic heterocycles. The third-order valence-corrected chi connectivity index (χ3v) is 6.14. The van der Waals surface area contributed by atoms with E-state index < -0.39 is 5.25 Å². The van der Waals surface area contributed by atoms with Gasteiger partial charge < -0.3 is 15.5 Å². The molecule has 2 aliphatic rings. The smallest absolute Gasteiger partial charge is 0.238 e. The van der Waals surface area contributed by atoms with Crippen LogP contribution in [0.15, 0.2) is 53.4 Å². The number of nitrogens with zero attached hydrogens (tertiary/aromatic N) is 1. The monoisotopic (exact) mass is 385 g/mol. The van der Waals surface area contributed by atoms with Crippen LogP contribution in [0.2, 0.25) is 0 Å². The van der Waals surface area contributed by atoms with Crippen LogP contribution in [0.25, 0.3) is 0 Å². The average Bonchev–Trinajstić information content (AvgIpc) is 2.68. The Labute approximate surface area is 161 Å². The fourth-order valence-electron chi connectivity index (χ4n) is 3.52. The van der Waals surface area contributed by atoms with Crippen molar-refractivity contribution in [1.82, 2.24) is 10.2 Å². The number of hydrogen-bond acceptors (Lipinski definition) is 4. The molecule has 0 bridgehead atoms. The molecule has 5 nitrogen and oxygen atoms in total. The van der Waals surface area contributed by atoms with Crippen LogP contribution in [0.5, 0.6) is 0 Å². The van der Waals surface area contributed by atoms with Crippen LogP contribution in [0.4, 0.5) is 10.1 Å². The van der Waals surface area contributed by atoms with E-state index in [1.54, 1.807) is 11.0 Å². The van der Waals surface area contributed by atoms with E-state index in [1.165, 1.54) is 23.9 Å². The largest absolute Gasteiger partial charge is 0.333 e. The lowest BCUT2D eigenvalue weighted by atomic mass is 10.0. The van der Waals surface area contributed by atoms with Crippen LogP contribution >= 0.6 is 11.8 Å². The van der Waals surface area contributed by atoms with Crippen LogP contribution in [0.3, 0.4) is 0 Å². The topological polar surface area (TPSA) is 61.4 Å². The van der Waals surface area contributed by atoms with Crippen LogP contribution < -0.4 is 10.6 Å². The van der Waals surface area contributed by atoms with Gasteiger partial charge in [-0.15, -0.1) is 11.8 Å². The molecule has 2 amide bonds. The second kappa shape index (κ2) is 7.70. The van der Waals surface area contributed by atoms with Gasteiger partial charge >= 0.3 is 0 Å². The molecular weight excluding hydrogens is 365 g/mol. The van der Waals surface area contributed by atoms with Crippen LogP contribution in [-0.2, 0) is 9.59 Å². The fourth-order valence-corrected chi connectivity index (χ4v) is 4.62. The second-order valence-electron chi connectivity index (χ2n) is 6.66. The molecule has 2 unspecified atom stereocenters.